The van der Waals surface area contributed by atoms with E-state index in [0.29, 0.717) is 16.8 Å². The topological polar surface area (TPSA) is 68.9 Å². The lowest BCUT2D eigenvalue weighted by atomic mass is 10.0. The summed E-state index contributed by atoms with van der Waals surface area (Å²) >= 11 is 0. The van der Waals surface area contributed by atoms with Crippen LogP contribution in [0.5, 0.6) is 0 Å². The highest BCUT2D eigenvalue weighted by molar-refractivity contribution is 6.09. The van der Waals surface area contributed by atoms with Crippen LogP contribution in [0.2, 0.25) is 0 Å². The van der Waals surface area contributed by atoms with Gasteiger partial charge >= 0.3 is 0 Å². The van der Waals surface area contributed by atoms with Crippen LogP contribution in [0.4, 0.5) is 5.69 Å². The lowest BCUT2D eigenvalue weighted by Gasteiger charge is -2.03. The third-order valence-electron chi connectivity index (χ3n) is 2.36. The first-order valence-electron chi connectivity index (χ1n) is 4.84. The van der Waals surface area contributed by atoms with Crippen LogP contribution in [0.1, 0.15) is 21.5 Å². The number of carbonyl (C=O) groups excluding carboxylic acids is 1. The molecule has 0 atom stereocenters. The first kappa shape index (κ1) is 10.3. The van der Waals surface area contributed by atoms with Gasteiger partial charge in [-0.25, -0.2) is 9.97 Å². The maximum Gasteiger partial charge on any atom is 0.196 e. The zero-order chi connectivity index (χ0) is 11.5. The van der Waals surface area contributed by atoms with E-state index in [9.17, 15) is 4.79 Å². The summed E-state index contributed by atoms with van der Waals surface area (Å²) in [6.07, 6.45) is 4.37. The standard InChI is InChI=1S/C12H11N3O/c1-8-2-3-9(4-11(8)13)12(16)10-5-14-7-15-6-10/h2-7H,13H2,1H3. The minimum Gasteiger partial charge on any atom is -0.398 e. The summed E-state index contributed by atoms with van der Waals surface area (Å²) in [5, 5.41) is 0. The number of nitrogen functional groups attached to an aromatic ring is 1. The Hall–Kier alpha value is -2.23. The Balaban J connectivity index is 2.39. The molecule has 0 amide bonds. The molecule has 0 radical (unpaired) electrons. The number of aromatic nitrogens is 2. The van der Waals surface area contributed by atoms with Crippen molar-refractivity contribution in [3.8, 4) is 0 Å². The monoisotopic (exact) mass is 213 g/mol. The van der Waals surface area contributed by atoms with Crippen LogP contribution in [-0.2, 0) is 0 Å². The molecule has 80 valence electrons. The Morgan fingerprint density at radius 3 is 2.50 bits per heavy atom. The average Bonchev–Trinajstić information content (AvgIpc) is 2.33. The number of rotatable bonds is 2. The molecule has 2 N–H and O–H groups in total. The van der Waals surface area contributed by atoms with Gasteiger partial charge in [0.1, 0.15) is 6.33 Å². The van der Waals surface area contributed by atoms with Gasteiger partial charge < -0.3 is 5.73 Å². The van der Waals surface area contributed by atoms with E-state index in [4.69, 9.17) is 5.73 Å². The number of carbonyl (C=O) groups is 1. The summed E-state index contributed by atoms with van der Waals surface area (Å²) in [6, 6.07) is 5.25. The van der Waals surface area contributed by atoms with Gasteiger partial charge in [0, 0.05) is 23.6 Å². The molecular formula is C12H11N3O. The molecule has 0 fully saturated rings. The van der Waals surface area contributed by atoms with Crippen molar-refractivity contribution < 1.29 is 4.79 Å². The van der Waals surface area contributed by atoms with Crippen molar-refractivity contribution in [3.63, 3.8) is 0 Å². The van der Waals surface area contributed by atoms with Crippen LogP contribution in [0.25, 0.3) is 0 Å². The van der Waals surface area contributed by atoms with Crippen LogP contribution < -0.4 is 5.73 Å². The second-order valence-electron chi connectivity index (χ2n) is 3.53. The summed E-state index contributed by atoms with van der Waals surface area (Å²) in [5.41, 5.74) is 8.34. The maximum atomic E-state index is 12.0. The van der Waals surface area contributed by atoms with Gasteiger partial charge in [0.05, 0.1) is 5.56 Å². The molecule has 2 aromatic rings. The van der Waals surface area contributed by atoms with Crippen LogP contribution in [0.15, 0.2) is 36.9 Å². The summed E-state index contributed by atoms with van der Waals surface area (Å²) in [4.78, 5) is 19.6. The fourth-order valence-corrected chi connectivity index (χ4v) is 1.36. The van der Waals surface area contributed by atoms with E-state index in [2.05, 4.69) is 9.97 Å². The quantitative estimate of drug-likeness (QED) is 0.607. The number of anilines is 1. The van der Waals surface area contributed by atoms with Gasteiger partial charge in [0.25, 0.3) is 0 Å². The minimum atomic E-state index is -0.118. The molecule has 4 nitrogen and oxygen atoms in total. The van der Waals surface area contributed by atoms with Gasteiger partial charge in [-0.3, -0.25) is 4.79 Å². The van der Waals surface area contributed by atoms with Crippen molar-refractivity contribution in [1.82, 2.24) is 9.97 Å². The lowest BCUT2D eigenvalue weighted by molar-refractivity contribution is 0.103. The highest BCUT2D eigenvalue weighted by atomic mass is 16.1. The van der Waals surface area contributed by atoms with Gasteiger partial charge in [-0.15, -0.1) is 0 Å². The maximum absolute atomic E-state index is 12.0. The summed E-state index contributed by atoms with van der Waals surface area (Å²) in [5.74, 6) is -0.118. The summed E-state index contributed by atoms with van der Waals surface area (Å²) < 4.78 is 0. The first-order chi connectivity index (χ1) is 7.68. The van der Waals surface area contributed by atoms with Crippen LogP contribution in [0.3, 0.4) is 0 Å². The molecule has 0 saturated carbocycles. The minimum absolute atomic E-state index is 0.118. The second kappa shape index (κ2) is 4.10. The van der Waals surface area contributed by atoms with Crippen LogP contribution in [0, 0.1) is 6.92 Å². The Bertz CT molecular complexity index is 523. The third-order valence-corrected chi connectivity index (χ3v) is 2.36. The number of hydrogen-bond acceptors (Lipinski definition) is 4. The Labute approximate surface area is 93.2 Å². The summed E-state index contributed by atoms with van der Waals surface area (Å²) in [6.45, 7) is 1.90. The number of hydrogen-bond donors (Lipinski definition) is 1. The summed E-state index contributed by atoms with van der Waals surface area (Å²) in [7, 11) is 0. The highest BCUT2D eigenvalue weighted by Gasteiger charge is 2.10. The number of aryl methyl sites for hydroxylation is 1. The second-order valence-corrected chi connectivity index (χ2v) is 3.53. The van der Waals surface area contributed by atoms with Gasteiger partial charge in [-0.2, -0.15) is 0 Å². The van der Waals surface area contributed by atoms with Gasteiger partial charge in [-0.1, -0.05) is 12.1 Å². The molecule has 0 spiro atoms. The third kappa shape index (κ3) is 1.91. The molecule has 16 heavy (non-hydrogen) atoms. The van der Waals surface area contributed by atoms with E-state index in [1.54, 1.807) is 12.1 Å². The Morgan fingerprint density at radius 1 is 1.19 bits per heavy atom. The van der Waals surface area contributed by atoms with Crippen molar-refractivity contribution in [2.45, 2.75) is 6.92 Å². The molecule has 0 saturated heterocycles. The molecule has 4 heteroatoms. The molecule has 0 aliphatic carbocycles. The number of benzene rings is 1. The first-order valence-corrected chi connectivity index (χ1v) is 4.84. The van der Waals surface area contributed by atoms with E-state index in [1.165, 1.54) is 18.7 Å². The smallest absolute Gasteiger partial charge is 0.196 e. The van der Waals surface area contributed by atoms with Crippen LogP contribution >= 0.6 is 0 Å². The van der Waals surface area contributed by atoms with Gasteiger partial charge in [0.15, 0.2) is 5.78 Å². The molecule has 0 aliphatic rings. The van der Waals surface area contributed by atoms with E-state index in [1.807, 2.05) is 13.0 Å². The molecule has 1 heterocycles. The molecular weight excluding hydrogens is 202 g/mol. The zero-order valence-corrected chi connectivity index (χ0v) is 8.84. The number of nitrogens with zero attached hydrogens (tertiary/aromatic N) is 2. The van der Waals surface area contributed by atoms with Gasteiger partial charge in [-0.05, 0) is 18.6 Å². The molecule has 1 aromatic heterocycles. The van der Waals surface area contributed by atoms with Crippen molar-refractivity contribution >= 4 is 11.5 Å². The molecule has 0 unspecified atom stereocenters. The largest absolute Gasteiger partial charge is 0.398 e. The molecule has 1 aromatic carbocycles. The fourth-order valence-electron chi connectivity index (χ4n) is 1.36. The predicted octanol–water partition coefficient (Wildman–Crippen LogP) is 1.60. The highest BCUT2D eigenvalue weighted by Crippen LogP contribution is 2.15. The fraction of sp³-hybridized carbons (Fsp3) is 0.0833. The Kier molecular flexibility index (Phi) is 2.64. The molecule has 0 bridgehead atoms. The molecule has 2 rings (SSSR count). The van der Waals surface area contributed by atoms with E-state index < -0.39 is 0 Å². The van der Waals surface area contributed by atoms with E-state index in [-0.39, 0.29) is 5.78 Å². The number of ketones is 1. The molecule has 0 aliphatic heterocycles. The van der Waals surface area contributed by atoms with Gasteiger partial charge in [0.2, 0.25) is 0 Å². The predicted molar refractivity (Wildman–Crippen MR) is 61.1 cm³/mol. The average molecular weight is 213 g/mol. The lowest BCUT2D eigenvalue weighted by Crippen LogP contribution is -2.03. The Morgan fingerprint density at radius 2 is 1.88 bits per heavy atom. The number of nitrogens with two attached hydrogens (primary N) is 1. The SMILES string of the molecule is Cc1ccc(C(=O)c2cncnc2)cc1N. The normalized spacial score (nSPS) is 10.1. The van der Waals surface area contributed by atoms with Crippen molar-refractivity contribution in [3.05, 3.63) is 53.6 Å². The zero-order valence-electron chi connectivity index (χ0n) is 8.84. The van der Waals surface area contributed by atoms with Crippen LogP contribution in [-0.4, -0.2) is 15.8 Å². The van der Waals surface area contributed by atoms with Crippen molar-refractivity contribution in [2.24, 2.45) is 0 Å². The van der Waals surface area contributed by atoms with Crippen molar-refractivity contribution in [2.75, 3.05) is 5.73 Å². The van der Waals surface area contributed by atoms with Crippen molar-refractivity contribution in [1.29, 1.82) is 0 Å². The van der Waals surface area contributed by atoms with E-state index >= 15 is 0 Å². The van der Waals surface area contributed by atoms with E-state index in [0.717, 1.165) is 5.56 Å².